The van der Waals surface area contributed by atoms with E-state index in [-0.39, 0.29) is 11.1 Å². The third-order valence-electron chi connectivity index (χ3n) is 3.52. The summed E-state index contributed by atoms with van der Waals surface area (Å²) in [6, 6.07) is 13.4. The zero-order valence-corrected chi connectivity index (χ0v) is 13.8. The van der Waals surface area contributed by atoms with Gasteiger partial charge in [0.2, 0.25) is 0 Å². The Morgan fingerprint density at radius 2 is 1.83 bits per heavy atom. The highest BCUT2D eigenvalue weighted by molar-refractivity contribution is 8.18. The average Bonchev–Trinajstić information content (AvgIpc) is 2.77. The second kappa shape index (κ2) is 6.38. The summed E-state index contributed by atoms with van der Waals surface area (Å²) in [7, 11) is 0. The van der Waals surface area contributed by atoms with Crippen LogP contribution in [0.15, 0.2) is 47.4 Å². The van der Waals surface area contributed by atoms with Crippen LogP contribution < -0.4 is 0 Å². The molecule has 3 rings (SSSR count). The number of aryl methyl sites for hydroxylation is 2. The SMILES string of the molecule is Cc1ccc(CN2C(=O)S/C(=C\c3cccc(C)n3)C2=O)cc1. The Hall–Kier alpha value is -2.40. The number of hydrogen-bond acceptors (Lipinski definition) is 4. The Kier molecular flexibility index (Phi) is 4.30. The zero-order chi connectivity index (χ0) is 16.4. The second-order valence-electron chi connectivity index (χ2n) is 5.46. The lowest BCUT2D eigenvalue weighted by atomic mass is 10.1. The van der Waals surface area contributed by atoms with E-state index in [4.69, 9.17) is 0 Å². The first kappa shape index (κ1) is 15.5. The molecule has 116 valence electrons. The van der Waals surface area contributed by atoms with Gasteiger partial charge in [-0.3, -0.25) is 19.5 Å². The molecule has 0 saturated carbocycles. The second-order valence-corrected chi connectivity index (χ2v) is 6.45. The number of carbonyl (C=O) groups is 2. The molecule has 1 aromatic heterocycles. The van der Waals surface area contributed by atoms with Gasteiger partial charge in [-0.2, -0.15) is 0 Å². The van der Waals surface area contributed by atoms with Crippen molar-refractivity contribution in [3.8, 4) is 0 Å². The molecule has 5 heteroatoms. The Morgan fingerprint density at radius 1 is 1.09 bits per heavy atom. The predicted molar refractivity (Wildman–Crippen MR) is 91.7 cm³/mol. The predicted octanol–water partition coefficient (Wildman–Crippen LogP) is 3.93. The van der Waals surface area contributed by atoms with Crippen LogP contribution in [0.2, 0.25) is 0 Å². The summed E-state index contributed by atoms with van der Waals surface area (Å²) in [5.41, 5.74) is 3.64. The first-order valence-electron chi connectivity index (χ1n) is 7.27. The van der Waals surface area contributed by atoms with Gasteiger partial charge in [0.05, 0.1) is 17.1 Å². The van der Waals surface area contributed by atoms with Crippen LogP contribution in [0.5, 0.6) is 0 Å². The molecule has 0 N–H and O–H groups in total. The molecular weight excluding hydrogens is 308 g/mol. The number of hydrogen-bond donors (Lipinski definition) is 0. The van der Waals surface area contributed by atoms with E-state index in [1.54, 1.807) is 6.08 Å². The number of pyridine rings is 1. The molecule has 0 atom stereocenters. The normalized spacial score (nSPS) is 16.4. The van der Waals surface area contributed by atoms with Crippen molar-refractivity contribution in [3.63, 3.8) is 0 Å². The van der Waals surface area contributed by atoms with E-state index in [0.717, 1.165) is 28.6 Å². The number of amides is 2. The molecule has 1 fully saturated rings. The monoisotopic (exact) mass is 324 g/mol. The van der Waals surface area contributed by atoms with Gasteiger partial charge in [0.1, 0.15) is 0 Å². The fourth-order valence-electron chi connectivity index (χ4n) is 2.29. The molecule has 0 unspecified atom stereocenters. The summed E-state index contributed by atoms with van der Waals surface area (Å²) >= 11 is 0.963. The van der Waals surface area contributed by atoms with Gasteiger partial charge in [-0.05, 0) is 49.4 Å². The minimum atomic E-state index is -0.260. The Labute approximate surface area is 139 Å². The summed E-state index contributed by atoms with van der Waals surface area (Å²) in [5.74, 6) is -0.260. The van der Waals surface area contributed by atoms with Crippen molar-refractivity contribution in [3.05, 3.63) is 69.9 Å². The number of benzene rings is 1. The smallest absolute Gasteiger partial charge is 0.268 e. The van der Waals surface area contributed by atoms with Crippen molar-refractivity contribution in [1.29, 1.82) is 0 Å². The minimum absolute atomic E-state index is 0.241. The molecule has 23 heavy (non-hydrogen) atoms. The van der Waals surface area contributed by atoms with E-state index in [0.29, 0.717) is 17.1 Å². The van der Waals surface area contributed by atoms with Crippen molar-refractivity contribution in [2.75, 3.05) is 0 Å². The average molecular weight is 324 g/mol. The maximum absolute atomic E-state index is 12.5. The number of aromatic nitrogens is 1. The Bertz CT molecular complexity index is 797. The van der Waals surface area contributed by atoms with Crippen LogP contribution in [0, 0.1) is 13.8 Å². The topological polar surface area (TPSA) is 50.3 Å². The highest BCUT2D eigenvalue weighted by Gasteiger charge is 2.35. The number of thioether (sulfide) groups is 1. The molecule has 0 spiro atoms. The van der Waals surface area contributed by atoms with Crippen LogP contribution in [0.25, 0.3) is 6.08 Å². The van der Waals surface area contributed by atoms with Crippen LogP contribution in [-0.2, 0) is 11.3 Å². The summed E-state index contributed by atoms with van der Waals surface area (Å²) in [6.07, 6.45) is 1.67. The van der Waals surface area contributed by atoms with Gasteiger partial charge in [0, 0.05) is 5.69 Å². The fraction of sp³-hybridized carbons (Fsp3) is 0.167. The molecule has 0 radical (unpaired) electrons. The van der Waals surface area contributed by atoms with Gasteiger partial charge in [0.15, 0.2) is 0 Å². The summed E-state index contributed by atoms with van der Waals surface area (Å²) in [5, 5.41) is -0.241. The van der Waals surface area contributed by atoms with Crippen molar-refractivity contribution < 1.29 is 9.59 Å². The lowest BCUT2D eigenvalue weighted by Gasteiger charge is -2.12. The summed E-state index contributed by atoms with van der Waals surface area (Å²) < 4.78 is 0. The maximum atomic E-state index is 12.5. The van der Waals surface area contributed by atoms with Crippen molar-refractivity contribution in [2.24, 2.45) is 0 Å². The molecule has 4 nitrogen and oxygen atoms in total. The van der Waals surface area contributed by atoms with Crippen molar-refractivity contribution >= 4 is 29.0 Å². The van der Waals surface area contributed by atoms with E-state index in [2.05, 4.69) is 4.98 Å². The van der Waals surface area contributed by atoms with E-state index < -0.39 is 0 Å². The van der Waals surface area contributed by atoms with Crippen LogP contribution in [0.4, 0.5) is 4.79 Å². The molecule has 2 heterocycles. The maximum Gasteiger partial charge on any atom is 0.293 e. The highest BCUT2D eigenvalue weighted by atomic mass is 32.2. The van der Waals surface area contributed by atoms with Gasteiger partial charge in [-0.15, -0.1) is 0 Å². The molecule has 1 aliphatic heterocycles. The van der Waals surface area contributed by atoms with Crippen molar-refractivity contribution in [1.82, 2.24) is 9.88 Å². The quantitative estimate of drug-likeness (QED) is 0.803. The zero-order valence-electron chi connectivity index (χ0n) is 12.9. The highest BCUT2D eigenvalue weighted by Crippen LogP contribution is 2.33. The standard InChI is InChI=1S/C18H16N2O2S/c1-12-6-8-14(9-7-12)11-20-17(21)16(23-18(20)22)10-15-5-3-4-13(2)19-15/h3-10H,11H2,1-2H3/b16-10-. The van der Waals surface area contributed by atoms with Gasteiger partial charge in [-0.1, -0.05) is 35.9 Å². The number of rotatable bonds is 3. The molecular formula is C18H16N2O2S. The minimum Gasteiger partial charge on any atom is -0.268 e. The fourth-order valence-corrected chi connectivity index (χ4v) is 3.11. The van der Waals surface area contributed by atoms with Gasteiger partial charge in [0.25, 0.3) is 11.1 Å². The largest absolute Gasteiger partial charge is 0.293 e. The number of nitrogens with zero attached hydrogens (tertiary/aromatic N) is 2. The molecule has 2 amide bonds. The lowest BCUT2D eigenvalue weighted by Crippen LogP contribution is -2.27. The molecule has 1 aromatic carbocycles. The third-order valence-corrected chi connectivity index (χ3v) is 4.43. The number of imide groups is 1. The van der Waals surface area contributed by atoms with E-state index >= 15 is 0 Å². The molecule has 1 aliphatic rings. The van der Waals surface area contributed by atoms with Crippen molar-refractivity contribution in [2.45, 2.75) is 20.4 Å². The lowest BCUT2D eigenvalue weighted by molar-refractivity contribution is -0.123. The first-order valence-corrected chi connectivity index (χ1v) is 8.09. The number of carbonyl (C=O) groups excluding carboxylic acids is 2. The third kappa shape index (κ3) is 3.51. The summed E-state index contributed by atoms with van der Waals surface area (Å²) in [4.78, 5) is 30.6. The van der Waals surface area contributed by atoms with E-state index in [1.165, 1.54) is 4.90 Å². The Balaban J connectivity index is 1.81. The molecule has 0 aliphatic carbocycles. The van der Waals surface area contributed by atoms with Crippen LogP contribution in [0.1, 0.15) is 22.5 Å². The van der Waals surface area contributed by atoms with Crippen LogP contribution in [0.3, 0.4) is 0 Å². The van der Waals surface area contributed by atoms with Gasteiger partial charge in [-0.25, -0.2) is 0 Å². The molecule has 1 saturated heterocycles. The van der Waals surface area contributed by atoms with E-state index in [1.807, 2.05) is 56.3 Å². The van der Waals surface area contributed by atoms with Crippen LogP contribution >= 0.6 is 11.8 Å². The Morgan fingerprint density at radius 3 is 2.52 bits per heavy atom. The van der Waals surface area contributed by atoms with Gasteiger partial charge >= 0.3 is 0 Å². The molecule has 0 bridgehead atoms. The van der Waals surface area contributed by atoms with Gasteiger partial charge < -0.3 is 0 Å². The summed E-state index contributed by atoms with van der Waals surface area (Å²) in [6.45, 7) is 4.19. The molecule has 2 aromatic rings. The van der Waals surface area contributed by atoms with E-state index in [9.17, 15) is 9.59 Å². The first-order chi connectivity index (χ1) is 11.0. The van der Waals surface area contributed by atoms with Crippen LogP contribution in [-0.4, -0.2) is 21.0 Å².